The van der Waals surface area contributed by atoms with Gasteiger partial charge in [0.05, 0.1) is 0 Å². The van der Waals surface area contributed by atoms with E-state index in [-0.39, 0.29) is 0 Å². The molecule has 0 aromatic rings. The van der Waals surface area contributed by atoms with Gasteiger partial charge in [-0.3, -0.25) is 0 Å². The van der Waals surface area contributed by atoms with Gasteiger partial charge in [0.2, 0.25) is 0 Å². The Kier molecular flexibility index (Phi) is 13.3. The lowest BCUT2D eigenvalue weighted by molar-refractivity contribution is 0.630. The molecular formula is C18H32. The molecule has 0 saturated heterocycles. The van der Waals surface area contributed by atoms with Crippen molar-refractivity contribution in [3.63, 3.8) is 0 Å². The molecule has 0 N–H and O–H groups in total. The van der Waals surface area contributed by atoms with Gasteiger partial charge in [-0.15, -0.1) is 0 Å². The van der Waals surface area contributed by atoms with E-state index in [1.54, 1.807) is 11.6 Å². The largest absolute Gasteiger partial charge is 0.0991 e. The Morgan fingerprint density at radius 1 is 1.33 bits per heavy atom. The summed E-state index contributed by atoms with van der Waals surface area (Å²) in [5, 5.41) is 0. The van der Waals surface area contributed by atoms with E-state index in [2.05, 4.69) is 40.3 Å². The topological polar surface area (TPSA) is 0 Å². The van der Waals surface area contributed by atoms with Gasteiger partial charge < -0.3 is 0 Å². The smallest absolute Gasteiger partial charge is 0.0189 e. The summed E-state index contributed by atoms with van der Waals surface area (Å²) in [5.74, 6) is 0.782. The van der Waals surface area contributed by atoms with E-state index < -0.39 is 0 Å². The number of hydrogen-bond donors (Lipinski definition) is 0. The van der Waals surface area contributed by atoms with E-state index >= 15 is 0 Å². The van der Waals surface area contributed by atoms with Gasteiger partial charge in [-0.25, -0.2) is 0 Å². The van der Waals surface area contributed by atoms with Crippen molar-refractivity contribution in [3.05, 3.63) is 47.6 Å². The van der Waals surface area contributed by atoms with Crippen LogP contribution in [0.3, 0.4) is 0 Å². The van der Waals surface area contributed by atoms with Crippen molar-refractivity contribution < 1.29 is 0 Å². The molecule has 1 rings (SSSR count). The molecule has 0 saturated carbocycles. The highest BCUT2D eigenvalue weighted by Crippen LogP contribution is 2.30. The Bertz CT molecular complexity index is 300. The molecule has 18 heavy (non-hydrogen) atoms. The van der Waals surface area contributed by atoms with Gasteiger partial charge in [0.15, 0.2) is 0 Å². The highest BCUT2D eigenvalue weighted by molar-refractivity contribution is 5.32. The first-order valence-electron chi connectivity index (χ1n) is 7.17. The van der Waals surface area contributed by atoms with Crippen LogP contribution in [0.15, 0.2) is 47.6 Å². The quantitative estimate of drug-likeness (QED) is 0.491. The Morgan fingerprint density at radius 3 is 2.17 bits per heavy atom. The molecule has 1 aliphatic carbocycles. The zero-order valence-electron chi connectivity index (χ0n) is 13.5. The van der Waals surface area contributed by atoms with Gasteiger partial charge in [0, 0.05) is 0 Å². The van der Waals surface area contributed by atoms with Crippen molar-refractivity contribution in [1.29, 1.82) is 0 Å². The van der Waals surface area contributed by atoms with E-state index in [1.165, 1.54) is 24.0 Å². The van der Waals surface area contributed by atoms with E-state index in [9.17, 15) is 0 Å². The zero-order chi connectivity index (χ0) is 14.6. The lowest BCUT2D eigenvalue weighted by Gasteiger charge is -2.22. The lowest BCUT2D eigenvalue weighted by Crippen LogP contribution is -2.06. The molecule has 1 atom stereocenters. The summed E-state index contributed by atoms with van der Waals surface area (Å²) in [7, 11) is 0. The van der Waals surface area contributed by atoms with E-state index in [1.807, 2.05) is 32.9 Å². The molecule has 0 amide bonds. The SMILES string of the molecule is C=C/C=C\C.CC.CCC1=C(C)C=C(C)CC1C. The second-order valence-corrected chi connectivity index (χ2v) is 4.42. The predicted molar refractivity (Wildman–Crippen MR) is 86.9 cm³/mol. The minimum absolute atomic E-state index is 0.782. The monoisotopic (exact) mass is 248 g/mol. The Morgan fingerprint density at radius 2 is 1.89 bits per heavy atom. The predicted octanol–water partition coefficient (Wildman–Crippen LogP) is 6.47. The molecule has 0 heterocycles. The minimum Gasteiger partial charge on any atom is -0.0991 e. The van der Waals surface area contributed by atoms with Crippen LogP contribution in [0, 0.1) is 5.92 Å². The van der Waals surface area contributed by atoms with Crippen LogP contribution in [0.1, 0.15) is 61.3 Å². The van der Waals surface area contributed by atoms with E-state index in [4.69, 9.17) is 0 Å². The molecule has 0 fully saturated rings. The Labute approximate surface area is 115 Å². The maximum atomic E-state index is 3.46. The van der Waals surface area contributed by atoms with Crippen LogP contribution in [0.25, 0.3) is 0 Å². The zero-order valence-corrected chi connectivity index (χ0v) is 13.5. The normalized spacial score (nSPS) is 18.4. The van der Waals surface area contributed by atoms with Crippen LogP contribution >= 0.6 is 0 Å². The van der Waals surface area contributed by atoms with Crippen LogP contribution in [-0.4, -0.2) is 0 Å². The molecule has 0 nitrogen and oxygen atoms in total. The van der Waals surface area contributed by atoms with Gasteiger partial charge >= 0.3 is 0 Å². The summed E-state index contributed by atoms with van der Waals surface area (Å²) < 4.78 is 0. The minimum atomic E-state index is 0.782. The summed E-state index contributed by atoms with van der Waals surface area (Å²) >= 11 is 0. The third-order valence-electron chi connectivity index (χ3n) is 2.90. The van der Waals surface area contributed by atoms with Crippen LogP contribution in [0.5, 0.6) is 0 Å². The van der Waals surface area contributed by atoms with Crippen molar-refractivity contribution in [2.45, 2.75) is 61.3 Å². The fraction of sp³-hybridized carbons (Fsp3) is 0.556. The van der Waals surface area contributed by atoms with Crippen LogP contribution in [-0.2, 0) is 0 Å². The van der Waals surface area contributed by atoms with Crippen molar-refractivity contribution >= 4 is 0 Å². The van der Waals surface area contributed by atoms with Gasteiger partial charge in [0.25, 0.3) is 0 Å². The maximum Gasteiger partial charge on any atom is -0.0189 e. The molecule has 1 aliphatic rings. The second kappa shape index (κ2) is 12.4. The number of rotatable bonds is 2. The molecular weight excluding hydrogens is 216 g/mol. The summed E-state index contributed by atoms with van der Waals surface area (Å²) in [6, 6.07) is 0. The molecule has 0 aromatic heterocycles. The summed E-state index contributed by atoms with van der Waals surface area (Å²) in [5.41, 5.74) is 4.69. The first-order chi connectivity index (χ1) is 8.56. The molecule has 0 heteroatoms. The third-order valence-corrected chi connectivity index (χ3v) is 2.90. The molecule has 1 unspecified atom stereocenters. The van der Waals surface area contributed by atoms with Crippen molar-refractivity contribution in [2.75, 3.05) is 0 Å². The van der Waals surface area contributed by atoms with Crippen molar-refractivity contribution in [2.24, 2.45) is 5.92 Å². The summed E-state index contributed by atoms with van der Waals surface area (Å²) in [6.07, 6.45) is 10.4. The van der Waals surface area contributed by atoms with E-state index in [0.29, 0.717) is 0 Å². The summed E-state index contributed by atoms with van der Waals surface area (Å²) in [6.45, 7) is 18.5. The average Bonchev–Trinajstić information content (AvgIpc) is 2.33. The second-order valence-electron chi connectivity index (χ2n) is 4.42. The average molecular weight is 248 g/mol. The van der Waals surface area contributed by atoms with Gasteiger partial charge in [0.1, 0.15) is 0 Å². The van der Waals surface area contributed by atoms with Crippen LogP contribution < -0.4 is 0 Å². The fourth-order valence-corrected chi connectivity index (χ4v) is 2.28. The van der Waals surface area contributed by atoms with Crippen LogP contribution in [0.2, 0.25) is 0 Å². The first kappa shape index (κ1) is 19.3. The molecule has 0 spiro atoms. The maximum absolute atomic E-state index is 3.46. The van der Waals surface area contributed by atoms with Crippen molar-refractivity contribution in [1.82, 2.24) is 0 Å². The highest BCUT2D eigenvalue weighted by atomic mass is 14.2. The van der Waals surface area contributed by atoms with Gasteiger partial charge in [-0.05, 0) is 39.5 Å². The Hall–Kier alpha value is -1.04. The standard InChI is InChI=1S/C11H18.C5H8.C2H6/c1-5-11-9(3)6-8(2)7-10(11)4;1-3-5-4-2;1-2/h6,10H,5,7H2,1-4H3;3-5H,1H2,2H3;1-2H3/b;5-4-;. The molecule has 104 valence electrons. The summed E-state index contributed by atoms with van der Waals surface area (Å²) in [4.78, 5) is 0. The number of hydrogen-bond acceptors (Lipinski definition) is 0. The number of allylic oxidation sites excluding steroid dienone is 7. The fourth-order valence-electron chi connectivity index (χ4n) is 2.28. The third kappa shape index (κ3) is 8.11. The lowest BCUT2D eigenvalue weighted by atomic mass is 9.84. The van der Waals surface area contributed by atoms with Gasteiger partial charge in [-0.1, -0.05) is 75.3 Å². The molecule has 0 radical (unpaired) electrons. The Balaban J connectivity index is 0. The molecule has 0 aliphatic heterocycles. The molecule has 0 bridgehead atoms. The van der Waals surface area contributed by atoms with E-state index in [0.717, 1.165) is 5.92 Å². The first-order valence-corrected chi connectivity index (χ1v) is 7.17. The van der Waals surface area contributed by atoms with Crippen molar-refractivity contribution in [3.8, 4) is 0 Å². The highest BCUT2D eigenvalue weighted by Gasteiger charge is 2.14. The van der Waals surface area contributed by atoms with Gasteiger partial charge in [-0.2, -0.15) is 0 Å². The molecule has 0 aromatic carbocycles. The van der Waals surface area contributed by atoms with Crippen LogP contribution in [0.4, 0.5) is 0 Å².